The van der Waals surface area contributed by atoms with Crippen molar-refractivity contribution in [2.24, 2.45) is 11.7 Å². The molecule has 2 unspecified atom stereocenters. The summed E-state index contributed by atoms with van der Waals surface area (Å²) in [7, 11) is 0. The number of hydrogen-bond donors (Lipinski definition) is 1. The lowest BCUT2D eigenvalue weighted by Gasteiger charge is -2.25. The summed E-state index contributed by atoms with van der Waals surface area (Å²) in [6.07, 6.45) is 0. The van der Waals surface area contributed by atoms with Gasteiger partial charge in [-0.3, -0.25) is 4.90 Å². The van der Waals surface area contributed by atoms with Crippen molar-refractivity contribution >= 4 is 0 Å². The molecule has 0 saturated carbocycles. The molecule has 1 aliphatic rings. The first kappa shape index (κ1) is 13.3. The van der Waals surface area contributed by atoms with E-state index < -0.39 is 0 Å². The van der Waals surface area contributed by atoms with Crippen molar-refractivity contribution in [3.05, 3.63) is 71.3 Å². The molecule has 0 spiro atoms. The fourth-order valence-electron chi connectivity index (χ4n) is 3.06. The van der Waals surface area contributed by atoms with Crippen molar-refractivity contribution in [1.29, 1.82) is 0 Å². The molecule has 20 heavy (non-hydrogen) atoms. The standard InChI is InChI=1S/C18H22N2/c1-14(18(19)15-7-3-2-4-8-15)11-20-12-16-9-5-6-10-17(16)13-20/h2-10,14,18H,11-13,19H2,1H3. The lowest BCUT2D eigenvalue weighted by atomic mass is 9.95. The third-order valence-corrected chi connectivity index (χ3v) is 4.25. The SMILES string of the molecule is CC(CN1Cc2ccccc2C1)C(N)c1ccccc1. The van der Waals surface area contributed by atoms with Crippen LogP contribution in [0, 0.1) is 5.92 Å². The molecular formula is C18H22N2. The summed E-state index contributed by atoms with van der Waals surface area (Å²) < 4.78 is 0. The molecule has 0 bridgehead atoms. The summed E-state index contributed by atoms with van der Waals surface area (Å²) >= 11 is 0. The fraction of sp³-hybridized carbons (Fsp3) is 0.333. The van der Waals surface area contributed by atoms with Crippen LogP contribution in [-0.2, 0) is 13.1 Å². The Balaban J connectivity index is 1.62. The molecule has 0 aliphatic carbocycles. The molecule has 2 aromatic carbocycles. The Morgan fingerprint density at radius 2 is 1.50 bits per heavy atom. The van der Waals surface area contributed by atoms with Gasteiger partial charge in [0.25, 0.3) is 0 Å². The molecule has 0 aromatic heterocycles. The molecule has 0 radical (unpaired) electrons. The first-order valence-electron chi connectivity index (χ1n) is 7.33. The molecule has 0 amide bonds. The molecule has 3 rings (SSSR count). The van der Waals surface area contributed by atoms with Gasteiger partial charge in [0.15, 0.2) is 0 Å². The Morgan fingerprint density at radius 1 is 0.950 bits per heavy atom. The van der Waals surface area contributed by atoms with Gasteiger partial charge >= 0.3 is 0 Å². The van der Waals surface area contributed by atoms with E-state index in [0.29, 0.717) is 5.92 Å². The number of nitrogens with zero attached hydrogens (tertiary/aromatic N) is 1. The van der Waals surface area contributed by atoms with E-state index >= 15 is 0 Å². The van der Waals surface area contributed by atoms with Gasteiger partial charge < -0.3 is 5.73 Å². The normalized spacial score (nSPS) is 17.7. The van der Waals surface area contributed by atoms with Gasteiger partial charge in [-0.15, -0.1) is 0 Å². The highest BCUT2D eigenvalue weighted by Gasteiger charge is 2.23. The number of benzene rings is 2. The molecule has 2 aromatic rings. The third kappa shape index (κ3) is 2.77. The Morgan fingerprint density at radius 3 is 2.10 bits per heavy atom. The van der Waals surface area contributed by atoms with E-state index in [0.717, 1.165) is 19.6 Å². The second-order valence-electron chi connectivity index (χ2n) is 5.85. The van der Waals surface area contributed by atoms with Gasteiger partial charge in [0, 0.05) is 25.7 Å². The largest absolute Gasteiger partial charge is 0.324 e. The maximum absolute atomic E-state index is 6.40. The third-order valence-electron chi connectivity index (χ3n) is 4.25. The summed E-state index contributed by atoms with van der Waals surface area (Å²) in [5.41, 5.74) is 10.6. The van der Waals surface area contributed by atoms with E-state index in [-0.39, 0.29) is 6.04 Å². The zero-order chi connectivity index (χ0) is 13.9. The van der Waals surface area contributed by atoms with Crippen LogP contribution in [0.15, 0.2) is 54.6 Å². The highest BCUT2D eigenvalue weighted by Crippen LogP contribution is 2.26. The molecule has 2 N–H and O–H groups in total. The predicted molar refractivity (Wildman–Crippen MR) is 83.1 cm³/mol. The van der Waals surface area contributed by atoms with Crippen molar-refractivity contribution in [2.75, 3.05) is 6.54 Å². The highest BCUT2D eigenvalue weighted by atomic mass is 15.1. The minimum absolute atomic E-state index is 0.111. The quantitative estimate of drug-likeness (QED) is 0.919. The lowest BCUT2D eigenvalue weighted by Crippen LogP contribution is -2.30. The van der Waals surface area contributed by atoms with Crippen molar-refractivity contribution in [1.82, 2.24) is 4.90 Å². The van der Waals surface area contributed by atoms with E-state index in [9.17, 15) is 0 Å². The van der Waals surface area contributed by atoms with Crippen LogP contribution in [-0.4, -0.2) is 11.4 Å². The van der Waals surface area contributed by atoms with Gasteiger partial charge in [-0.2, -0.15) is 0 Å². The lowest BCUT2D eigenvalue weighted by molar-refractivity contribution is 0.227. The van der Waals surface area contributed by atoms with Gasteiger partial charge in [0.1, 0.15) is 0 Å². The van der Waals surface area contributed by atoms with Crippen LogP contribution in [0.1, 0.15) is 29.7 Å². The van der Waals surface area contributed by atoms with E-state index in [4.69, 9.17) is 5.73 Å². The number of rotatable bonds is 4. The predicted octanol–water partition coefficient (Wildman–Crippen LogP) is 3.34. The van der Waals surface area contributed by atoms with Crippen LogP contribution in [0.4, 0.5) is 0 Å². The highest BCUT2D eigenvalue weighted by molar-refractivity contribution is 5.30. The van der Waals surface area contributed by atoms with E-state index in [2.05, 4.69) is 60.4 Å². The zero-order valence-electron chi connectivity index (χ0n) is 12.0. The Bertz CT molecular complexity index is 540. The van der Waals surface area contributed by atoms with Crippen molar-refractivity contribution < 1.29 is 0 Å². The van der Waals surface area contributed by atoms with Crippen molar-refractivity contribution in [2.45, 2.75) is 26.1 Å². The van der Waals surface area contributed by atoms with Crippen LogP contribution in [0.2, 0.25) is 0 Å². The summed E-state index contributed by atoms with van der Waals surface area (Å²) in [4.78, 5) is 2.50. The van der Waals surface area contributed by atoms with E-state index in [1.165, 1.54) is 16.7 Å². The number of nitrogens with two attached hydrogens (primary N) is 1. The molecule has 0 fully saturated rings. The Labute approximate surface area is 121 Å². The molecule has 1 aliphatic heterocycles. The van der Waals surface area contributed by atoms with Gasteiger partial charge in [0.05, 0.1) is 0 Å². The topological polar surface area (TPSA) is 29.3 Å². The monoisotopic (exact) mass is 266 g/mol. The molecule has 2 nitrogen and oxygen atoms in total. The first-order valence-corrected chi connectivity index (χ1v) is 7.33. The van der Waals surface area contributed by atoms with E-state index in [1.54, 1.807) is 0 Å². The summed E-state index contributed by atoms with van der Waals surface area (Å²) in [6, 6.07) is 19.2. The number of hydrogen-bond acceptors (Lipinski definition) is 2. The van der Waals surface area contributed by atoms with Crippen LogP contribution in [0.5, 0.6) is 0 Å². The minimum Gasteiger partial charge on any atom is -0.324 e. The Hall–Kier alpha value is -1.64. The number of fused-ring (bicyclic) bond motifs is 1. The van der Waals surface area contributed by atoms with E-state index in [1.807, 2.05) is 6.07 Å². The maximum atomic E-state index is 6.40. The molecular weight excluding hydrogens is 244 g/mol. The molecule has 104 valence electrons. The van der Waals surface area contributed by atoms with Crippen LogP contribution < -0.4 is 5.73 Å². The van der Waals surface area contributed by atoms with Crippen LogP contribution in [0.25, 0.3) is 0 Å². The smallest absolute Gasteiger partial charge is 0.0333 e. The summed E-state index contributed by atoms with van der Waals surface area (Å²) in [5.74, 6) is 0.451. The van der Waals surface area contributed by atoms with Crippen LogP contribution in [0.3, 0.4) is 0 Å². The zero-order valence-corrected chi connectivity index (χ0v) is 12.0. The fourth-order valence-corrected chi connectivity index (χ4v) is 3.06. The van der Waals surface area contributed by atoms with Gasteiger partial charge in [-0.1, -0.05) is 61.5 Å². The van der Waals surface area contributed by atoms with Gasteiger partial charge in [0.2, 0.25) is 0 Å². The molecule has 2 heteroatoms. The van der Waals surface area contributed by atoms with Gasteiger partial charge in [-0.05, 0) is 22.6 Å². The molecule has 2 atom stereocenters. The molecule has 1 heterocycles. The maximum Gasteiger partial charge on any atom is 0.0333 e. The summed E-state index contributed by atoms with van der Waals surface area (Å²) in [5, 5.41) is 0. The molecule has 0 saturated heterocycles. The van der Waals surface area contributed by atoms with Crippen LogP contribution >= 0.6 is 0 Å². The van der Waals surface area contributed by atoms with Crippen molar-refractivity contribution in [3.8, 4) is 0 Å². The first-order chi connectivity index (χ1) is 9.74. The average Bonchev–Trinajstić information content (AvgIpc) is 2.89. The van der Waals surface area contributed by atoms with Crippen molar-refractivity contribution in [3.63, 3.8) is 0 Å². The second-order valence-corrected chi connectivity index (χ2v) is 5.85. The van der Waals surface area contributed by atoms with Gasteiger partial charge in [-0.25, -0.2) is 0 Å². The average molecular weight is 266 g/mol. The Kier molecular flexibility index (Phi) is 3.86. The second kappa shape index (κ2) is 5.78. The minimum atomic E-state index is 0.111. The summed E-state index contributed by atoms with van der Waals surface area (Å²) in [6.45, 7) is 5.41.